The van der Waals surface area contributed by atoms with Gasteiger partial charge in [-0.3, -0.25) is 9.52 Å². The third kappa shape index (κ3) is 4.93. The van der Waals surface area contributed by atoms with Gasteiger partial charge in [0.15, 0.2) is 0 Å². The molecule has 0 saturated heterocycles. The van der Waals surface area contributed by atoms with Crippen molar-refractivity contribution in [3.05, 3.63) is 53.3 Å². The van der Waals surface area contributed by atoms with Crippen molar-refractivity contribution >= 4 is 38.9 Å². The summed E-state index contributed by atoms with van der Waals surface area (Å²) in [5.41, 5.74) is 0.0276. The molecule has 134 valence electrons. The van der Waals surface area contributed by atoms with E-state index in [2.05, 4.69) is 10.0 Å². The number of carbonyl (C=O) groups excluding carboxylic acids is 1. The lowest BCUT2D eigenvalue weighted by Gasteiger charge is -2.18. The maximum atomic E-state index is 13.9. The Balaban J connectivity index is 2.25. The highest BCUT2D eigenvalue weighted by Crippen LogP contribution is 2.24. The second kappa shape index (κ2) is 7.01. The molecule has 0 aliphatic heterocycles. The van der Waals surface area contributed by atoms with Gasteiger partial charge in [0.05, 0.1) is 5.69 Å². The summed E-state index contributed by atoms with van der Waals surface area (Å²) in [5.74, 6) is -1.16. The van der Waals surface area contributed by atoms with E-state index in [1.807, 2.05) is 0 Å². The van der Waals surface area contributed by atoms with Crippen LogP contribution < -0.4 is 10.0 Å². The van der Waals surface area contributed by atoms with E-state index in [0.29, 0.717) is 5.69 Å². The third-order valence-corrected chi connectivity index (χ3v) is 4.89. The molecule has 25 heavy (non-hydrogen) atoms. The molecule has 1 amide bonds. The van der Waals surface area contributed by atoms with E-state index < -0.39 is 26.2 Å². The van der Waals surface area contributed by atoms with Crippen LogP contribution in [0.5, 0.6) is 0 Å². The molecule has 2 aromatic carbocycles. The van der Waals surface area contributed by atoms with Crippen LogP contribution in [-0.4, -0.2) is 14.3 Å². The highest BCUT2D eigenvalue weighted by atomic mass is 35.5. The molecule has 0 spiro atoms. The number of benzene rings is 2. The van der Waals surface area contributed by atoms with E-state index in [0.717, 1.165) is 12.1 Å². The molecule has 8 heteroatoms. The lowest BCUT2D eigenvalue weighted by atomic mass is 9.95. The number of sulfonamides is 1. The van der Waals surface area contributed by atoms with Gasteiger partial charge in [0.1, 0.15) is 10.7 Å². The molecule has 2 N–H and O–H groups in total. The fourth-order valence-electron chi connectivity index (χ4n) is 1.88. The Kier molecular flexibility index (Phi) is 5.39. The van der Waals surface area contributed by atoms with E-state index in [-0.39, 0.29) is 16.6 Å². The maximum Gasteiger partial charge on any atom is 0.264 e. The average Bonchev–Trinajstić information content (AvgIpc) is 2.45. The van der Waals surface area contributed by atoms with Crippen molar-refractivity contribution in [2.45, 2.75) is 25.7 Å². The lowest BCUT2D eigenvalue weighted by Crippen LogP contribution is -2.27. The van der Waals surface area contributed by atoms with Gasteiger partial charge < -0.3 is 5.32 Å². The molecule has 0 heterocycles. The summed E-state index contributed by atoms with van der Waals surface area (Å²) in [4.78, 5) is 11.5. The summed E-state index contributed by atoms with van der Waals surface area (Å²) in [5, 5.41) is 2.80. The Bertz CT molecular complexity index is 908. The SMILES string of the molecule is CC(C)(C)C(=O)Nc1cccc(NS(=O)(=O)c2ccc(Cl)cc2F)c1. The third-order valence-electron chi connectivity index (χ3n) is 3.24. The maximum absolute atomic E-state index is 13.9. The van der Waals surface area contributed by atoms with Gasteiger partial charge in [-0.1, -0.05) is 38.4 Å². The van der Waals surface area contributed by atoms with Crippen molar-refractivity contribution in [2.24, 2.45) is 5.41 Å². The van der Waals surface area contributed by atoms with Crippen LogP contribution in [-0.2, 0) is 14.8 Å². The van der Waals surface area contributed by atoms with E-state index in [4.69, 9.17) is 11.6 Å². The van der Waals surface area contributed by atoms with Crippen LogP contribution in [0.4, 0.5) is 15.8 Å². The number of hydrogen-bond donors (Lipinski definition) is 2. The molecule has 0 saturated carbocycles. The second-order valence-electron chi connectivity index (χ2n) is 6.47. The first-order valence-corrected chi connectivity index (χ1v) is 9.24. The number of nitrogens with one attached hydrogen (secondary N) is 2. The van der Waals surface area contributed by atoms with Crippen molar-refractivity contribution < 1.29 is 17.6 Å². The Morgan fingerprint density at radius 2 is 1.72 bits per heavy atom. The van der Waals surface area contributed by atoms with Gasteiger partial charge in [-0.05, 0) is 36.4 Å². The molecule has 0 radical (unpaired) electrons. The molecule has 0 unspecified atom stereocenters. The summed E-state index contributed by atoms with van der Waals surface area (Å²) in [6, 6.07) is 9.46. The molecule has 2 rings (SSSR count). The first-order chi connectivity index (χ1) is 11.5. The molecule has 0 atom stereocenters. The summed E-state index contributed by atoms with van der Waals surface area (Å²) in [7, 11) is -4.13. The molecular formula is C17H18ClFN2O3S. The number of anilines is 2. The smallest absolute Gasteiger partial charge is 0.264 e. The fourth-order valence-corrected chi connectivity index (χ4v) is 3.15. The molecule has 0 bridgehead atoms. The van der Waals surface area contributed by atoms with Gasteiger partial charge in [0.25, 0.3) is 10.0 Å². The van der Waals surface area contributed by atoms with E-state index in [1.54, 1.807) is 32.9 Å². The number of halogens is 2. The van der Waals surface area contributed by atoms with Crippen LogP contribution in [0.1, 0.15) is 20.8 Å². The minimum absolute atomic E-state index is 0.100. The average molecular weight is 385 g/mol. The van der Waals surface area contributed by atoms with Crippen LogP contribution in [0.3, 0.4) is 0 Å². The number of amides is 1. The topological polar surface area (TPSA) is 75.3 Å². The van der Waals surface area contributed by atoms with Gasteiger partial charge in [-0.15, -0.1) is 0 Å². The minimum atomic E-state index is -4.13. The van der Waals surface area contributed by atoms with Gasteiger partial charge in [0.2, 0.25) is 5.91 Å². The summed E-state index contributed by atoms with van der Waals surface area (Å²) >= 11 is 5.64. The summed E-state index contributed by atoms with van der Waals surface area (Å²) < 4.78 is 40.8. The molecule has 0 aliphatic rings. The molecular weight excluding hydrogens is 367 g/mol. The zero-order valence-corrected chi connectivity index (χ0v) is 15.5. The highest BCUT2D eigenvalue weighted by Gasteiger charge is 2.22. The highest BCUT2D eigenvalue weighted by molar-refractivity contribution is 7.92. The normalized spacial score (nSPS) is 11.9. The second-order valence-corrected chi connectivity index (χ2v) is 8.55. The molecule has 0 aromatic heterocycles. The van der Waals surface area contributed by atoms with Crippen molar-refractivity contribution in [1.29, 1.82) is 0 Å². The minimum Gasteiger partial charge on any atom is -0.326 e. The van der Waals surface area contributed by atoms with Crippen LogP contribution in [0.2, 0.25) is 5.02 Å². The molecule has 5 nitrogen and oxygen atoms in total. The van der Waals surface area contributed by atoms with E-state index >= 15 is 0 Å². The van der Waals surface area contributed by atoms with Crippen molar-refractivity contribution in [1.82, 2.24) is 0 Å². The lowest BCUT2D eigenvalue weighted by molar-refractivity contribution is -0.123. The van der Waals surface area contributed by atoms with Crippen LogP contribution in [0, 0.1) is 11.2 Å². The first-order valence-electron chi connectivity index (χ1n) is 7.38. The standard InChI is InChI=1S/C17H18ClFN2O3S/c1-17(2,3)16(22)20-12-5-4-6-13(10-12)21-25(23,24)15-8-7-11(18)9-14(15)19/h4-10,21H,1-3H3,(H,20,22). The van der Waals surface area contributed by atoms with Gasteiger partial charge in [-0.2, -0.15) is 0 Å². The Morgan fingerprint density at radius 3 is 2.32 bits per heavy atom. The summed E-state index contributed by atoms with van der Waals surface area (Å²) in [6.45, 7) is 5.29. The largest absolute Gasteiger partial charge is 0.326 e. The van der Waals surface area contributed by atoms with Gasteiger partial charge in [-0.25, -0.2) is 12.8 Å². The summed E-state index contributed by atoms with van der Waals surface area (Å²) in [6.07, 6.45) is 0. The van der Waals surface area contributed by atoms with Crippen molar-refractivity contribution in [3.63, 3.8) is 0 Å². The number of rotatable bonds is 4. The molecule has 0 fully saturated rings. The van der Waals surface area contributed by atoms with Crippen LogP contribution >= 0.6 is 11.6 Å². The number of carbonyl (C=O) groups is 1. The van der Waals surface area contributed by atoms with Crippen LogP contribution in [0.15, 0.2) is 47.4 Å². The molecule has 0 aliphatic carbocycles. The van der Waals surface area contributed by atoms with E-state index in [1.165, 1.54) is 18.2 Å². The Morgan fingerprint density at radius 1 is 1.08 bits per heavy atom. The van der Waals surface area contributed by atoms with Gasteiger partial charge in [0, 0.05) is 16.1 Å². The molecule has 2 aromatic rings. The first kappa shape index (κ1) is 19.2. The Labute approximate surface area is 151 Å². The van der Waals surface area contributed by atoms with Gasteiger partial charge >= 0.3 is 0 Å². The monoisotopic (exact) mass is 384 g/mol. The quantitative estimate of drug-likeness (QED) is 0.826. The van der Waals surface area contributed by atoms with Crippen molar-refractivity contribution in [3.8, 4) is 0 Å². The zero-order chi connectivity index (χ0) is 18.8. The fraction of sp³-hybridized carbons (Fsp3) is 0.235. The van der Waals surface area contributed by atoms with E-state index in [9.17, 15) is 17.6 Å². The van der Waals surface area contributed by atoms with Crippen LogP contribution in [0.25, 0.3) is 0 Å². The number of hydrogen-bond acceptors (Lipinski definition) is 3. The Hall–Kier alpha value is -2.12. The predicted molar refractivity (Wildman–Crippen MR) is 96.7 cm³/mol. The zero-order valence-electron chi connectivity index (χ0n) is 13.9. The predicted octanol–water partition coefficient (Wildman–Crippen LogP) is 4.26. The van der Waals surface area contributed by atoms with Crippen molar-refractivity contribution in [2.75, 3.05) is 10.0 Å².